The van der Waals surface area contributed by atoms with E-state index < -0.39 is 10.0 Å². The van der Waals surface area contributed by atoms with Gasteiger partial charge < -0.3 is 19.7 Å². The minimum absolute atomic E-state index is 0.0206. The number of nitrogens with zero attached hydrogens (tertiary/aromatic N) is 2. The molecule has 2 aliphatic rings. The fourth-order valence-electron chi connectivity index (χ4n) is 3.64. The van der Waals surface area contributed by atoms with Crippen molar-refractivity contribution in [2.75, 3.05) is 47.0 Å². The van der Waals surface area contributed by atoms with E-state index in [1.807, 2.05) is 19.2 Å². The van der Waals surface area contributed by atoms with Gasteiger partial charge in [0.2, 0.25) is 10.0 Å². The molecular weight excluding hydrogens is 392 g/mol. The van der Waals surface area contributed by atoms with Crippen molar-refractivity contribution in [1.29, 1.82) is 0 Å². The van der Waals surface area contributed by atoms with Gasteiger partial charge in [-0.3, -0.25) is 4.99 Å². The van der Waals surface area contributed by atoms with Crippen LogP contribution in [0.15, 0.2) is 34.2 Å². The van der Waals surface area contributed by atoms with Gasteiger partial charge in [0.15, 0.2) is 5.96 Å². The summed E-state index contributed by atoms with van der Waals surface area (Å²) < 4.78 is 38.4. The molecule has 0 spiro atoms. The zero-order chi connectivity index (χ0) is 20.7. The molecule has 1 aromatic carbocycles. The Balaban J connectivity index is 1.49. The molecule has 0 saturated carbocycles. The molecule has 2 saturated heterocycles. The maximum absolute atomic E-state index is 12.4. The lowest BCUT2D eigenvalue weighted by atomic mass is 10.1. The Morgan fingerprint density at radius 2 is 2.03 bits per heavy atom. The summed E-state index contributed by atoms with van der Waals surface area (Å²) in [6.45, 7) is 4.14. The van der Waals surface area contributed by atoms with Crippen LogP contribution in [0.4, 0.5) is 0 Å². The second-order valence-corrected chi connectivity index (χ2v) is 9.41. The smallest absolute Gasteiger partial charge is 0.240 e. The summed E-state index contributed by atoms with van der Waals surface area (Å²) in [5, 5.41) is 3.33. The molecule has 162 valence electrons. The van der Waals surface area contributed by atoms with Crippen molar-refractivity contribution in [3.63, 3.8) is 0 Å². The minimum atomic E-state index is -3.52. The Morgan fingerprint density at radius 1 is 1.24 bits per heavy atom. The predicted octanol–water partition coefficient (Wildman–Crippen LogP) is 1.19. The molecule has 0 bridgehead atoms. The normalized spacial score (nSPS) is 22.8. The van der Waals surface area contributed by atoms with E-state index in [1.54, 1.807) is 19.2 Å². The van der Waals surface area contributed by atoms with E-state index in [-0.39, 0.29) is 11.0 Å². The number of hydrogen-bond donors (Lipinski definition) is 2. The average Bonchev–Trinajstić information content (AvgIpc) is 3.41. The van der Waals surface area contributed by atoms with Gasteiger partial charge in [0.05, 0.1) is 17.6 Å². The SMILES string of the molecule is CN=C(NCc1ccc(S(=O)(=O)NCC2CCCO2)cc1)N(C)CC1CCOC1. The van der Waals surface area contributed by atoms with Crippen molar-refractivity contribution in [3.05, 3.63) is 29.8 Å². The summed E-state index contributed by atoms with van der Waals surface area (Å²) in [7, 11) is 0.259. The lowest BCUT2D eigenvalue weighted by Crippen LogP contribution is -2.41. The molecular formula is C20H32N4O4S. The van der Waals surface area contributed by atoms with Crippen LogP contribution in [0.3, 0.4) is 0 Å². The highest BCUT2D eigenvalue weighted by molar-refractivity contribution is 7.89. The van der Waals surface area contributed by atoms with Gasteiger partial charge in [-0.05, 0) is 37.0 Å². The molecule has 2 atom stereocenters. The van der Waals surface area contributed by atoms with Crippen molar-refractivity contribution >= 4 is 16.0 Å². The number of aliphatic imine (C=N–C) groups is 1. The van der Waals surface area contributed by atoms with Crippen LogP contribution >= 0.6 is 0 Å². The molecule has 0 aromatic heterocycles. The Kier molecular flexibility index (Phi) is 7.88. The maximum atomic E-state index is 12.4. The van der Waals surface area contributed by atoms with E-state index in [0.717, 1.165) is 50.5 Å². The van der Waals surface area contributed by atoms with Crippen molar-refractivity contribution < 1.29 is 17.9 Å². The van der Waals surface area contributed by atoms with E-state index in [1.165, 1.54) is 0 Å². The van der Waals surface area contributed by atoms with Crippen LogP contribution < -0.4 is 10.0 Å². The van der Waals surface area contributed by atoms with Gasteiger partial charge in [0.25, 0.3) is 0 Å². The summed E-state index contributed by atoms with van der Waals surface area (Å²) in [6.07, 6.45) is 2.95. The monoisotopic (exact) mass is 424 g/mol. The number of nitrogens with one attached hydrogen (secondary N) is 2. The third kappa shape index (κ3) is 6.40. The minimum Gasteiger partial charge on any atom is -0.381 e. The first-order valence-corrected chi connectivity index (χ1v) is 11.7. The van der Waals surface area contributed by atoms with Crippen molar-refractivity contribution in [3.8, 4) is 0 Å². The Bertz CT molecular complexity index is 770. The number of hydrogen-bond acceptors (Lipinski definition) is 5. The number of ether oxygens (including phenoxy) is 2. The molecule has 1 aromatic rings. The van der Waals surface area contributed by atoms with Crippen LogP contribution in [-0.4, -0.2) is 72.4 Å². The average molecular weight is 425 g/mol. The third-order valence-corrected chi connectivity index (χ3v) is 6.78. The number of guanidine groups is 1. The molecule has 3 rings (SSSR count). The first-order chi connectivity index (χ1) is 14.0. The van der Waals surface area contributed by atoms with Gasteiger partial charge >= 0.3 is 0 Å². The first kappa shape index (κ1) is 22.0. The quantitative estimate of drug-likeness (QED) is 0.481. The Hall–Kier alpha value is -1.68. The summed E-state index contributed by atoms with van der Waals surface area (Å²) in [5.41, 5.74) is 0.988. The summed E-state index contributed by atoms with van der Waals surface area (Å²) >= 11 is 0. The number of rotatable bonds is 8. The van der Waals surface area contributed by atoms with Gasteiger partial charge in [-0.15, -0.1) is 0 Å². The summed E-state index contributed by atoms with van der Waals surface area (Å²) in [6, 6.07) is 6.92. The molecule has 8 nitrogen and oxygen atoms in total. The molecule has 2 aliphatic heterocycles. The Morgan fingerprint density at radius 3 is 2.66 bits per heavy atom. The molecule has 2 heterocycles. The van der Waals surface area contributed by atoms with Crippen LogP contribution in [0.1, 0.15) is 24.8 Å². The van der Waals surface area contributed by atoms with Crippen molar-refractivity contribution in [2.24, 2.45) is 10.9 Å². The molecule has 9 heteroatoms. The molecule has 2 N–H and O–H groups in total. The van der Waals surface area contributed by atoms with Gasteiger partial charge in [0, 0.05) is 52.9 Å². The molecule has 29 heavy (non-hydrogen) atoms. The zero-order valence-electron chi connectivity index (χ0n) is 17.3. The van der Waals surface area contributed by atoms with Gasteiger partial charge in [-0.1, -0.05) is 12.1 Å². The molecule has 2 fully saturated rings. The summed E-state index contributed by atoms with van der Waals surface area (Å²) in [4.78, 5) is 6.71. The first-order valence-electron chi connectivity index (χ1n) is 10.2. The second-order valence-electron chi connectivity index (χ2n) is 7.64. The highest BCUT2D eigenvalue weighted by Crippen LogP contribution is 2.15. The number of benzene rings is 1. The van der Waals surface area contributed by atoms with E-state index in [2.05, 4.69) is 19.9 Å². The maximum Gasteiger partial charge on any atom is 0.240 e. The highest BCUT2D eigenvalue weighted by Gasteiger charge is 2.21. The van der Waals surface area contributed by atoms with Crippen LogP contribution in [-0.2, 0) is 26.0 Å². The topological polar surface area (TPSA) is 92.3 Å². The molecule has 0 radical (unpaired) electrons. The molecule has 0 aliphatic carbocycles. The van der Waals surface area contributed by atoms with Gasteiger partial charge in [-0.2, -0.15) is 0 Å². The Labute approximate surface area is 173 Å². The van der Waals surface area contributed by atoms with Gasteiger partial charge in [0.1, 0.15) is 0 Å². The van der Waals surface area contributed by atoms with E-state index in [9.17, 15) is 8.42 Å². The number of sulfonamides is 1. The van der Waals surface area contributed by atoms with Crippen LogP contribution in [0, 0.1) is 5.92 Å². The molecule has 0 amide bonds. The lowest BCUT2D eigenvalue weighted by Gasteiger charge is -2.24. The van der Waals surface area contributed by atoms with Crippen molar-refractivity contribution in [2.45, 2.75) is 36.8 Å². The lowest BCUT2D eigenvalue weighted by molar-refractivity contribution is 0.114. The van der Waals surface area contributed by atoms with Crippen LogP contribution in [0.5, 0.6) is 0 Å². The van der Waals surface area contributed by atoms with E-state index in [0.29, 0.717) is 25.6 Å². The van der Waals surface area contributed by atoms with Gasteiger partial charge in [-0.25, -0.2) is 13.1 Å². The van der Waals surface area contributed by atoms with Crippen LogP contribution in [0.25, 0.3) is 0 Å². The third-order valence-electron chi connectivity index (χ3n) is 5.34. The second kappa shape index (κ2) is 10.4. The predicted molar refractivity (Wildman–Crippen MR) is 112 cm³/mol. The fourth-order valence-corrected chi connectivity index (χ4v) is 4.71. The van der Waals surface area contributed by atoms with E-state index in [4.69, 9.17) is 9.47 Å². The zero-order valence-corrected chi connectivity index (χ0v) is 18.1. The summed E-state index contributed by atoms with van der Waals surface area (Å²) in [5.74, 6) is 1.34. The fraction of sp³-hybridized carbons (Fsp3) is 0.650. The molecule has 2 unspecified atom stereocenters. The highest BCUT2D eigenvalue weighted by atomic mass is 32.2. The standard InChI is InChI=1S/C20H32N4O4S/c1-21-20(24(2)14-17-9-11-27-15-17)22-12-16-5-7-19(8-6-16)29(25,26)23-13-18-4-3-10-28-18/h5-8,17-18,23H,3-4,9-15H2,1-2H3,(H,21,22). The van der Waals surface area contributed by atoms with Crippen LogP contribution in [0.2, 0.25) is 0 Å². The van der Waals surface area contributed by atoms with Crippen molar-refractivity contribution in [1.82, 2.24) is 14.9 Å². The largest absolute Gasteiger partial charge is 0.381 e. The van der Waals surface area contributed by atoms with E-state index >= 15 is 0 Å².